The van der Waals surface area contributed by atoms with Crippen molar-refractivity contribution in [1.82, 2.24) is 4.72 Å². The van der Waals surface area contributed by atoms with E-state index in [0.29, 0.717) is 6.61 Å². The number of hydrogen-bond acceptors (Lipinski definition) is 6. The number of rotatable bonds is 5. The fraction of sp³-hybridized carbons (Fsp3) is 0.667. The van der Waals surface area contributed by atoms with Crippen LogP contribution in [0.4, 0.5) is 0 Å². The molecule has 0 amide bonds. The van der Waals surface area contributed by atoms with Crippen LogP contribution < -0.4 is 4.72 Å². The molecular weight excluding hydrogens is 322 g/mol. The highest BCUT2D eigenvalue weighted by molar-refractivity contribution is 7.89. The Balaban J connectivity index is 1.96. The summed E-state index contributed by atoms with van der Waals surface area (Å²) in [6.07, 6.45) is 2.81. The summed E-state index contributed by atoms with van der Waals surface area (Å²) in [5.74, 6) is -0.841. The van der Waals surface area contributed by atoms with Crippen molar-refractivity contribution >= 4 is 16.0 Å². The van der Waals surface area contributed by atoms with Gasteiger partial charge >= 0.3 is 5.97 Å². The third-order valence-electron chi connectivity index (χ3n) is 3.16. The first kappa shape index (κ1) is 18.0. The van der Waals surface area contributed by atoms with Gasteiger partial charge in [0, 0.05) is 12.1 Å². The van der Waals surface area contributed by atoms with E-state index >= 15 is 0 Å². The van der Waals surface area contributed by atoms with E-state index in [4.69, 9.17) is 13.9 Å². The van der Waals surface area contributed by atoms with E-state index in [0.717, 1.165) is 19.3 Å². The van der Waals surface area contributed by atoms with Crippen molar-refractivity contribution in [2.45, 2.75) is 56.8 Å². The maximum absolute atomic E-state index is 12.1. The second-order valence-corrected chi connectivity index (χ2v) is 8.17. The molecule has 8 heteroatoms. The SMILES string of the molecule is CC(C)(C)NS(=O)(=O)c1ccc(C(=O)OCC2CCCCO2)o1. The predicted octanol–water partition coefficient (Wildman–Crippen LogP) is 2.08. The summed E-state index contributed by atoms with van der Waals surface area (Å²) in [5, 5.41) is -0.312. The Kier molecular flexibility index (Phi) is 5.49. The van der Waals surface area contributed by atoms with E-state index in [1.54, 1.807) is 20.8 Å². The van der Waals surface area contributed by atoms with Crippen LogP contribution in [0.2, 0.25) is 0 Å². The highest BCUT2D eigenvalue weighted by atomic mass is 32.2. The van der Waals surface area contributed by atoms with E-state index in [-0.39, 0.29) is 23.6 Å². The zero-order chi connectivity index (χ0) is 17.1. The van der Waals surface area contributed by atoms with Gasteiger partial charge in [-0.25, -0.2) is 17.9 Å². The number of nitrogens with one attached hydrogen (secondary N) is 1. The highest BCUT2D eigenvalue weighted by Crippen LogP contribution is 2.18. The standard InChI is InChI=1S/C15H23NO6S/c1-15(2,3)16-23(18,19)13-8-7-12(22-13)14(17)21-10-11-6-4-5-9-20-11/h7-8,11,16H,4-6,9-10H2,1-3H3. The molecule has 1 aliphatic heterocycles. The van der Waals surface area contributed by atoms with Crippen molar-refractivity contribution in [3.05, 3.63) is 17.9 Å². The van der Waals surface area contributed by atoms with Crippen molar-refractivity contribution in [3.63, 3.8) is 0 Å². The van der Waals surface area contributed by atoms with Crippen molar-refractivity contribution in [2.75, 3.05) is 13.2 Å². The van der Waals surface area contributed by atoms with Gasteiger partial charge < -0.3 is 13.9 Å². The van der Waals surface area contributed by atoms with E-state index in [1.807, 2.05) is 0 Å². The molecule has 2 rings (SSSR count). The smallest absolute Gasteiger partial charge is 0.374 e. The summed E-state index contributed by atoms with van der Waals surface area (Å²) in [6.45, 7) is 5.96. The monoisotopic (exact) mass is 345 g/mol. The maximum Gasteiger partial charge on any atom is 0.374 e. The molecule has 130 valence electrons. The first-order valence-electron chi connectivity index (χ1n) is 7.60. The number of furan rings is 1. The number of esters is 1. The first-order valence-corrected chi connectivity index (χ1v) is 9.08. The average molecular weight is 345 g/mol. The van der Waals surface area contributed by atoms with Crippen LogP contribution in [-0.4, -0.2) is 39.2 Å². The minimum atomic E-state index is -3.82. The summed E-state index contributed by atoms with van der Waals surface area (Å²) in [6, 6.07) is 2.53. The lowest BCUT2D eigenvalue weighted by Gasteiger charge is -2.21. The molecule has 0 aromatic carbocycles. The summed E-state index contributed by atoms with van der Waals surface area (Å²) in [7, 11) is -3.82. The van der Waals surface area contributed by atoms with Crippen LogP contribution in [0.15, 0.2) is 21.6 Å². The molecule has 23 heavy (non-hydrogen) atoms. The molecule has 7 nitrogen and oxygen atoms in total. The molecule has 0 aliphatic carbocycles. The Morgan fingerprint density at radius 2 is 2.09 bits per heavy atom. The Labute approximate surface area is 136 Å². The summed E-state index contributed by atoms with van der Waals surface area (Å²) >= 11 is 0. The molecule has 1 atom stereocenters. The molecule has 0 bridgehead atoms. The van der Waals surface area contributed by atoms with Crippen LogP contribution in [-0.2, 0) is 19.5 Å². The van der Waals surface area contributed by atoms with Gasteiger partial charge in [0.2, 0.25) is 10.9 Å². The van der Waals surface area contributed by atoms with Gasteiger partial charge in [-0.05, 0) is 52.2 Å². The normalized spacial score (nSPS) is 19.5. The lowest BCUT2D eigenvalue weighted by Crippen LogP contribution is -2.40. The fourth-order valence-corrected chi connectivity index (χ4v) is 3.56. The summed E-state index contributed by atoms with van der Waals surface area (Å²) < 4.78 is 42.4. The molecule has 1 saturated heterocycles. The van der Waals surface area contributed by atoms with Gasteiger partial charge in [-0.15, -0.1) is 0 Å². The van der Waals surface area contributed by atoms with Crippen molar-refractivity contribution in [1.29, 1.82) is 0 Å². The Bertz CT molecular complexity index is 637. The number of ether oxygens (including phenoxy) is 2. The Morgan fingerprint density at radius 1 is 1.35 bits per heavy atom. The van der Waals surface area contributed by atoms with E-state index in [9.17, 15) is 13.2 Å². The zero-order valence-corrected chi connectivity index (χ0v) is 14.4. The van der Waals surface area contributed by atoms with Gasteiger partial charge in [0.15, 0.2) is 0 Å². The molecule has 0 spiro atoms. The topological polar surface area (TPSA) is 94.8 Å². The van der Waals surface area contributed by atoms with E-state index < -0.39 is 21.5 Å². The molecule has 1 unspecified atom stereocenters. The van der Waals surface area contributed by atoms with Crippen molar-refractivity contribution < 1.29 is 27.1 Å². The molecule has 1 aromatic rings. The molecular formula is C15H23NO6S. The average Bonchev–Trinajstić information content (AvgIpc) is 2.94. The van der Waals surface area contributed by atoms with E-state index in [2.05, 4.69) is 4.72 Å². The molecule has 0 saturated carbocycles. The number of hydrogen-bond donors (Lipinski definition) is 1. The molecule has 0 radical (unpaired) electrons. The van der Waals surface area contributed by atoms with Crippen LogP contribution in [0.5, 0.6) is 0 Å². The third-order valence-corrected chi connectivity index (χ3v) is 4.79. The number of carbonyl (C=O) groups excluding carboxylic acids is 1. The van der Waals surface area contributed by atoms with Gasteiger partial charge in [0.1, 0.15) is 6.61 Å². The highest BCUT2D eigenvalue weighted by Gasteiger charge is 2.27. The molecule has 2 heterocycles. The summed E-state index contributed by atoms with van der Waals surface area (Å²) in [4.78, 5) is 11.9. The quantitative estimate of drug-likeness (QED) is 0.821. The number of carbonyl (C=O) groups is 1. The Morgan fingerprint density at radius 3 is 2.70 bits per heavy atom. The van der Waals surface area contributed by atoms with Gasteiger partial charge in [-0.1, -0.05) is 0 Å². The zero-order valence-electron chi connectivity index (χ0n) is 13.6. The van der Waals surface area contributed by atoms with Gasteiger partial charge in [0.05, 0.1) is 6.10 Å². The largest absolute Gasteiger partial charge is 0.457 e. The maximum atomic E-state index is 12.1. The fourth-order valence-electron chi connectivity index (χ4n) is 2.21. The van der Waals surface area contributed by atoms with Crippen LogP contribution in [0, 0.1) is 0 Å². The second kappa shape index (κ2) is 7.02. The lowest BCUT2D eigenvalue weighted by molar-refractivity contribution is -0.0312. The molecule has 1 fully saturated rings. The van der Waals surface area contributed by atoms with Crippen LogP contribution in [0.25, 0.3) is 0 Å². The predicted molar refractivity (Wildman–Crippen MR) is 82.7 cm³/mol. The van der Waals surface area contributed by atoms with Gasteiger partial charge in [-0.3, -0.25) is 0 Å². The van der Waals surface area contributed by atoms with Crippen LogP contribution >= 0.6 is 0 Å². The van der Waals surface area contributed by atoms with Crippen LogP contribution in [0.1, 0.15) is 50.6 Å². The second-order valence-electron chi connectivity index (χ2n) is 6.56. The van der Waals surface area contributed by atoms with Crippen molar-refractivity contribution in [2.24, 2.45) is 0 Å². The first-order chi connectivity index (χ1) is 10.7. The minimum absolute atomic E-state index is 0.103. The van der Waals surface area contributed by atoms with E-state index in [1.165, 1.54) is 12.1 Å². The van der Waals surface area contributed by atoms with Gasteiger partial charge in [-0.2, -0.15) is 0 Å². The van der Waals surface area contributed by atoms with Gasteiger partial charge in [0.25, 0.3) is 10.0 Å². The van der Waals surface area contributed by atoms with Crippen molar-refractivity contribution in [3.8, 4) is 0 Å². The third kappa shape index (κ3) is 5.33. The molecule has 1 N–H and O–H groups in total. The van der Waals surface area contributed by atoms with Crippen LogP contribution in [0.3, 0.4) is 0 Å². The summed E-state index contributed by atoms with van der Waals surface area (Å²) in [5.41, 5.74) is -0.648. The Hall–Kier alpha value is -1.38. The molecule has 1 aromatic heterocycles. The molecule has 1 aliphatic rings. The number of sulfonamides is 1. The lowest BCUT2D eigenvalue weighted by atomic mass is 10.1. The minimum Gasteiger partial charge on any atom is -0.457 e.